The summed E-state index contributed by atoms with van der Waals surface area (Å²) < 4.78 is 97.0. The molecule has 2 aromatic rings. The van der Waals surface area contributed by atoms with Crippen molar-refractivity contribution in [3.63, 3.8) is 0 Å². The summed E-state index contributed by atoms with van der Waals surface area (Å²) in [5.74, 6) is -0.991. The van der Waals surface area contributed by atoms with Gasteiger partial charge in [-0.1, -0.05) is 0 Å². The fourth-order valence-electron chi connectivity index (χ4n) is 2.27. The van der Waals surface area contributed by atoms with E-state index in [2.05, 4.69) is 0 Å². The Kier molecular flexibility index (Phi) is 5.49. The summed E-state index contributed by atoms with van der Waals surface area (Å²) in [4.78, 5) is 8.67. The number of hydrogen-bond acceptors (Lipinski definition) is 8. The van der Waals surface area contributed by atoms with Crippen molar-refractivity contribution in [2.45, 2.75) is 21.1 Å². The molecule has 0 atom stereocenters. The third-order valence-corrected chi connectivity index (χ3v) is 5.97. The van der Waals surface area contributed by atoms with Crippen LogP contribution in [0.3, 0.4) is 0 Å². The summed E-state index contributed by atoms with van der Waals surface area (Å²) in [6, 6.07) is 3.96. The van der Waals surface area contributed by atoms with Crippen LogP contribution in [0, 0.1) is 11.3 Å². The summed E-state index contributed by atoms with van der Waals surface area (Å²) in [6.45, 7) is 0. The Morgan fingerprint density at radius 1 is 0.893 bits per heavy atom. The lowest BCUT2D eigenvalue weighted by Crippen LogP contribution is -2.14. The van der Waals surface area contributed by atoms with Crippen LogP contribution in [0.15, 0.2) is 39.0 Å². The first kappa shape index (κ1) is 21.7. The van der Waals surface area contributed by atoms with Gasteiger partial charge in [0.1, 0.15) is 16.2 Å². The molecule has 0 aliphatic rings. The molecule has 150 valence electrons. The molecule has 0 unspecified atom stereocenters. The number of benzene rings is 2. The Bertz CT molecular complexity index is 1350. The number of rotatable bonds is 5. The van der Waals surface area contributed by atoms with Gasteiger partial charge in [0.25, 0.3) is 30.4 Å². The molecule has 0 spiro atoms. The van der Waals surface area contributed by atoms with Crippen LogP contribution >= 0.6 is 0 Å². The molecule has 0 saturated carbocycles. The molecule has 0 aliphatic carbocycles. The quantitative estimate of drug-likeness (QED) is 0.458. The van der Waals surface area contributed by atoms with E-state index in [1.165, 1.54) is 6.07 Å². The fraction of sp³-hybridized carbons (Fsp3) is 0.0769. The minimum absolute atomic E-state index is 0.418. The molecule has 15 heteroatoms. The maximum absolute atomic E-state index is 11.6. The molecular weight excluding hydrogens is 440 g/mol. The molecule has 0 fully saturated rings. The first-order valence-electron chi connectivity index (χ1n) is 6.85. The van der Waals surface area contributed by atoms with E-state index in [9.17, 15) is 39.2 Å². The number of amides is 1. The van der Waals surface area contributed by atoms with Gasteiger partial charge in [0, 0.05) is 5.39 Å². The maximum Gasteiger partial charge on any atom is 0.296 e. The van der Waals surface area contributed by atoms with Gasteiger partial charge >= 0.3 is 0 Å². The summed E-state index contributed by atoms with van der Waals surface area (Å²) in [5.41, 5.74) is -0.625. The van der Waals surface area contributed by atoms with E-state index in [4.69, 9.17) is 9.81 Å². The zero-order valence-electron chi connectivity index (χ0n) is 13.4. The van der Waals surface area contributed by atoms with E-state index in [0.717, 1.165) is 6.07 Å². The molecule has 0 saturated heterocycles. The minimum atomic E-state index is -5.07. The van der Waals surface area contributed by atoms with Crippen molar-refractivity contribution in [1.29, 1.82) is 5.26 Å². The molecule has 0 aromatic heterocycles. The third-order valence-electron chi connectivity index (χ3n) is 3.36. The van der Waals surface area contributed by atoms with Crippen molar-refractivity contribution in [2.75, 3.05) is 5.32 Å². The summed E-state index contributed by atoms with van der Waals surface area (Å²) >= 11 is 0. The zero-order valence-corrected chi connectivity index (χ0v) is 15.8. The van der Waals surface area contributed by atoms with Crippen molar-refractivity contribution in [2.24, 2.45) is 0 Å². The van der Waals surface area contributed by atoms with Gasteiger partial charge in [-0.2, -0.15) is 30.5 Å². The van der Waals surface area contributed by atoms with Gasteiger partial charge in [0.05, 0.1) is 16.7 Å². The van der Waals surface area contributed by atoms with Crippen LogP contribution in [0.1, 0.15) is 6.42 Å². The molecule has 28 heavy (non-hydrogen) atoms. The fourth-order valence-corrected chi connectivity index (χ4v) is 4.28. The second-order valence-electron chi connectivity index (χ2n) is 5.30. The smallest absolute Gasteiger partial charge is 0.296 e. The normalized spacial score (nSPS) is 12.5. The number of hydrogen-bond donors (Lipinski definition) is 4. The van der Waals surface area contributed by atoms with E-state index in [1.54, 1.807) is 0 Å². The number of carbonyl (C=O) groups excluding carboxylic acids is 1. The molecule has 12 nitrogen and oxygen atoms in total. The Morgan fingerprint density at radius 3 is 1.93 bits per heavy atom. The van der Waals surface area contributed by atoms with Crippen molar-refractivity contribution in [3.8, 4) is 6.07 Å². The zero-order chi connectivity index (χ0) is 21.5. The second-order valence-corrected chi connectivity index (χ2v) is 9.50. The molecule has 0 heterocycles. The highest BCUT2D eigenvalue weighted by atomic mass is 32.2. The predicted molar refractivity (Wildman–Crippen MR) is 92.3 cm³/mol. The predicted octanol–water partition coefficient (Wildman–Crippen LogP) is 0.432. The number of nitrogens with zero attached hydrogens (tertiary/aromatic N) is 1. The Balaban J connectivity index is 3.00. The van der Waals surface area contributed by atoms with Crippen molar-refractivity contribution in [3.05, 3.63) is 24.3 Å². The molecule has 0 aliphatic heterocycles. The highest BCUT2D eigenvalue weighted by Crippen LogP contribution is 2.33. The van der Waals surface area contributed by atoms with Crippen LogP contribution in [0.4, 0.5) is 5.69 Å². The van der Waals surface area contributed by atoms with Gasteiger partial charge in [-0.25, -0.2) is 0 Å². The topological polar surface area (TPSA) is 216 Å². The maximum atomic E-state index is 11.6. The van der Waals surface area contributed by atoms with Crippen LogP contribution in [0.25, 0.3) is 10.8 Å². The lowest BCUT2D eigenvalue weighted by atomic mass is 10.1. The molecule has 2 aromatic carbocycles. The third kappa shape index (κ3) is 4.62. The summed E-state index contributed by atoms with van der Waals surface area (Å²) in [6.07, 6.45) is -0.699. The first-order valence-corrected chi connectivity index (χ1v) is 11.2. The number of nitriles is 1. The van der Waals surface area contributed by atoms with Crippen LogP contribution < -0.4 is 5.32 Å². The number of carbonyl (C=O) groups is 1. The number of anilines is 1. The average molecular weight is 450 g/mol. The van der Waals surface area contributed by atoms with Crippen LogP contribution in [-0.4, -0.2) is 44.8 Å². The minimum Gasteiger partial charge on any atom is -0.324 e. The van der Waals surface area contributed by atoms with Gasteiger partial charge in [-0.05, 0) is 29.7 Å². The van der Waals surface area contributed by atoms with Gasteiger partial charge in [-0.15, -0.1) is 0 Å². The van der Waals surface area contributed by atoms with E-state index < -0.39 is 73.8 Å². The first-order chi connectivity index (χ1) is 12.6. The van der Waals surface area contributed by atoms with E-state index in [0.29, 0.717) is 18.2 Å². The summed E-state index contributed by atoms with van der Waals surface area (Å²) in [5, 5.41) is 9.63. The monoisotopic (exact) mass is 450 g/mol. The van der Waals surface area contributed by atoms with Crippen molar-refractivity contribution >= 4 is 52.7 Å². The largest absolute Gasteiger partial charge is 0.324 e. The van der Waals surface area contributed by atoms with Crippen molar-refractivity contribution < 1.29 is 43.7 Å². The average Bonchev–Trinajstić information content (AvgIpc) is 2.50. The van der Waals surface area contributed by atoms with E-state index >= 15 is 0 Å². The summed E-state index contributed by atoms with van der Waals surface area (Å²) in [7, 11) is -15.0. The Morgan fingerprint density at radius 2 is 1.46 bits per heavy atom. The molecule has 0 radical (unpaired) electrons. The SMILES string of the molecule is N#CCC(=O)Nc1cc2c(S(=O)(=O)O)cc(S(=O)(=O)O)cc2cc1S(=O)(=O)O. The lowest BCUT2D eigenvalue weighted by molar-refractivity contribution is -0.115. The Labute approximate surface area is 158 Å². The van der Waals surface area contributed by atoms with Gasteiger partial charge < -0.3 is 5.32 Å². The van der Waals surface area contributed by atoms with Crippen LogP contribution in [0.2, 0.25) is 0 Å². The highest BCUT2D eigenvalue weighted by Gasteiger charge is 2.25. The van der Waals surface area contributed by atoms with E-state index in [-0.39, 0.29) is 0 Å². The molecule has 1 amide bonds. The van der Waals surface area contributed by atoms with Crippen LogP contribution in [-0.2, 0) is 35.1 Å². The molecular formula is C13H10N2O10S3. The van der Waals surface area contributed by atoms with Crippen molar-refractivity contribution in [1.82, 2.24) is 0 Å². The Hall–Kier alpha value is -2.61. The second kappa shape index (κ2) is 7.09. The standard InChI is InChI=1S/C13H10N2O10S3/c14-2-1-13(16)15-10-6-9-7(4-12(10)28(23,24)25)3-8(26(17,18)19)5-11(9)27(20,21)22/h3-6H,1H2,(H,15,16)(H,17,18,19)(H,20,21,22)(H,23,24,25). The van der Waals surface area contributed by atoms with E-state index in [1.807, 2.05) is 5.32 Å². The molecule has 4 N–H and O–H groups in total. The number of fused-ring (bicyclic) bond motifs is 1. The highest BCUT2D eigenvalue weighted by molar-refractivity contribution is 7.87. The molecule has 2 rings (SSSR count). The van der Waals surface area contributed by atoms with Gasteiger partial charge in [0.15, 0.2) is 0 Å². The van der Waals surface area contributed by atoms with Crippen LogP contribution in [0.5, 0.6) is 0 Å². The molecule has 0 bridgehead atoms. The van der Waals surface area contributed by atoms with Gasteiger partial charge in [-0.3, -0.25) is 18.5 Å². The number of nitrogens with one attached hydrogen (secondary N) is 1. The lowest BCUT2D eigenvalue weighted by Gasteiger charge is -2.13. The van der Waals surface area contributed by atoms with Gasteiger partial charge in [0.2, 0.25) is 5.91 Å².